The highest BCUT2D eigenvalue weighted by Crippen LogP contribution is 2.01. The Morgan fingerprint density at radius 2 is 2.17 bits per heavy atom. The third-order valence-electron chi connectivity index (χ3n) is 1.57. The molecule has 0 aromatic heterocycles. The zero-order chi connectivity index (χ0) is 8.65. The minimum Gasteiger partial charge on any atom is -0.0940 e. The molecule has 0 aliphatic rings. The van der Waals surface area contributed by atoms with Crippen molar-refractivity contribution in [3.05, 3.63) is 46.3 Å². The molecule has 0 amide bonds. The molecule has 1 rings (SSSR count). The number of benzene rings is 1. The number of rotatable bonds is 4. The number of hydrogen-bond donors (Lipinski definition) is 0. The van der Waals surface area contributed by atoms with Crippen molar-refractivity contribution in [1.82, 2.24) is 0 Å². The van der Waals surface area contributed by atoms with Gasteiger partial charge in [0.2, 0.25) is 0 Å². The highest BCUT2D eigenvalue weighted by molar-refractivity contribution is 5.13. The molecule has 0 bridgehead atoms. The molecule has 0 spiro atoms. The molecule has 0 saturated heterocycles. The Kier molecular flexibility index (Phi) is 3.75. The zero-order valence-corrected chi connectivity index (χ0v) is 6.77. The number of hydrogen-bond acceptors (Lipinski definition) is 1. The highest BCUT2D eigenvalue weighted by atomic mass is 15.1. The van der Waals surface area contributed by atoms with Gasteiger partial charge in [0.25, 0.3) is 0 Å². The lowest BCUT2D eigenvalue weighted by Gasteiger charge is -1.96. The van der Waals surface area contributed by atoms with Gasteiger partial charge in [-0.1, -0.05) is 29.4 Å². The summed E-state index contributed by atoms with van der Waals surface area (Å²) in [6.45, 7) is 0.578. The van der Waals surface area contributed by atoms with Crippen LogP contribution < -0.4 is 0 Å². The van der Waals surface area contributed by atoms with Gasteiger partial charge in [-0.05, 0) is 30.0 Å². The van der Waals surface area contributed by atoms with Gasteiger partial charge in [-0.3, -0.25) is 0 Å². The van der Waals surface area contributed by atoms with E-state index in [1.165, 1.54) is 5.56 Å². The Morgan fingerprint density at radius 3 is 2.83 bits per heavy atom. The van der Waals surface area contributed by atoms with Crippen LogP contribution in [0.25, 0.3) is 10.4 Å². The fourth-order valence-corrected chi connectivity index (χ4v) is 0.987. The van der Waals surface area contributed by atoms with Gasteiger partial charge in [-0.15, -0.1) is 0 Å². The summed E-state index contributed by atoms with van der Waals surface area (Å²) < 4.78 is 0. The molecule has 0 atom stereocenters. The molecule has 1 aromatic rings. The molecule has 12 heavy (non-hydrogen) atoms. The molecule has 0 aliphatic carbocycles. The maximum Gasteiger partial charge on any atom is 0.0261 e. The largest absolute Gasteiger partial charge is 0.0940 e. The van der Waals surface area contributed by atoms with Crippen LogP contribution in [-0.2, 0) is 6.42 Å². The Labute approximate surface area is 71.7 Å². The zero-order valence-electron chi connectivity index (χ0n) is 6.77. The minimum atomic E-state index is 0.578. The molecular weight excluding hydrogens is 150 g/mol. The molecule has 3 heteroatoms. The van der Waals surface area contributed by atoms with Crippen molar-refractivity contribution in [2.24, 2.45) is 5.11 Å². The predicted molar refractivity (Wildman–Crippen MR) is 47.6 cm³/mol. The van der Waals surface area contributed by atoms with Gasteiger partial charge in [0, 0.05) is 11.5 Å². The molecule has 0 unspecified atom stereocenters. The fraction of sp³-hybridized carbons (Fsp3) is 0.333. The van der Waals surface area contributed by atoms with E-state index < -0.39 is 0 Å². The quantitative estimate of drug-likeness (QED) is 0.281. The van der Waals surface area contributed by atoms with Crippen LogP contribution in [-0.4, -0.2) is 6.54 Å². The molecule has 1 aromatic carbocycles. The minimum absolute atomic E-state index is 0.578. The molecule has 0 aliphatic heterocycles. The van der Waals surface area contributed by atoms with Gasteiger partial charge in [0.15, 0.2) is 0 Å². The first kappa shape index (κ1) is 8.62. The van der Waals surface area contributed by atoms with Crippen molar-refractivity contribution in [3.8, 4) is 0 Å². The van der Waals surface area contributed by atoms with E-state index in [0.29, 0.717) is 6.54 Å². The second-order valence-electron chi connectivity index (χ2n) is 2.47. The van der Waals surface area contributed by atoms with Crippen LogP contribution >= 0.6 is 0 Å². The van der Waals surface area contributed by atoms with Crippen molar-refractivity contribution in [2.75, 3.05) is 6.54 Å². The van der Waals surface area contributed by atoms with Crippen LogP contribution in [0.2, 0.25) is 0 Å². The van der Waals surface area contributed by atoms with Crippen LogP contribution in [0.3, 0.4) is 0 Å². The summed E-state index contributed by atoms with van der Waals surface area (Å²) in [5, 5.41) is 3.46. The standard InChI is InChI=1S/C9H10N3/c10-12-11-8-4-7-9-5-2-1-3-6-9/h2-3,5-6H,4,7-8H2. The molecule has 0 saturated carbocycles. The predicted octanol–water partition coefficient (Wildman–Crippen LogP) is 2.73. The van der Waals surface area contributed by atoms with Crippen molar-refractivity contribution in [3.63, 3.8) is 0 Å². The van der Waals surface area contributed by atoms with E-state index in [-0.39, 0.29) is 0 Å². The summed E-state index contributed by atoms with van der Waals surface area (Å²) in [5.41, 5.74) is 9.28. The third kappa shape index (κ3) is 3.08. The normalized spacial score (nSPS) is 9.00. The maximum absolute atomic E-state index is 8.02. The Balaban J connectivity index is 2.29. The van der Waals surface area contributed by atoms with Gasteiger partial charge < -0.3 is 0 Å². The van der Waals surface area contributed by atoms with Crippen molar-refractivity contribution in [2.45, 2.75) is 12.8 Å². The van der Waals surface area contributed by atoms with Crippen LogP contribution in [0.1, 0.15) is 12.0 Å². The summed E-state index contributed by atoms with van der Waals surface area (Å²) in [6.07, 6.45) is 1.88. The molecule has 61 valence electrons. The summed E-state index contributed by atoms with van der Waals surface area (Å²) in [5.74, 6) is 0. The van der Waals surface area contributed by atoms with Gasteiger partial charge in [0.1, 0.15) is 0 Å². The van der Waals surface area contributed by atoms with Crippen LogP contribution in [0.5, 0.6) is 0 Å². The second kappa shape index (κ2) is 5.22. The van der Waals surface area contributed by atoms with Crippen LogP contribution in [0, 0.1) is 6.07 Å². The second-order valence-corrected chi connectivity index (χ2v) is 2.47. The first-order valence-corrected chi connectivity index (χ1v) is 3.89. The lowest BCUT2D eigenvalue weighted by atomic mass is 10.1. The molecule has 0 N–H and O–H groups in total. The molecular formula is C9H10N3. The van der Waals surface area contributed by atoms with E-state index >= 15 is 0 Å². The first-order chi connectivity index (χ1) is 5.93. The van der Waals surface area contributed by atoms with E-state index in [1.807, 2.05) is 24.3 Å². The van der Waals surface area contributed by atoms with Crippen LogP contribution in [0.4, 0.5) is 0 Å². The van der Waals surface area contributed by atoms with E-state index in [1.54, 1.807) is 0 Å². The lowest BCUT2D eigenvalue weighted by molar-refractivity contribution is 0.827. The Hall–Kier alpha value is -1.47. The highest BCUT2D eigenvalue weighted by Gasteiger charge is 1.89. The van der Waals surface area contributed by atoms with E-state index in [2.05, 4.69) is 16.1 Å². The van der Waals surface area contributed by atoms with E-state index in [9.17, 15) is 0 Å². The molecule has 0 fully saturated rings. The molecule has 0 heterocycles. The maximum atomic E-state index is 8.02. The van der Waals surface area contributed by atoms with Crippen LogP contribution in [0.15, 0.2) is 29.4 Å². The van der Waals surface area contributed by atoms with Gasteiger partial charge in [-0.2, -0.15) is 0 Å². The molecule has 1 radical (unpaired) electrons. The first-order valence-electron chi connectivity index (χ1n) is 3.89. The number of azide groups is 1. The van der Waals surface area contributed by atoms with Gasteiger partial charge in [-0.25, -0.2) is 0 Å². The van der Waals surface area contributed by atoms with E-state index in [4.69, 9.17) is 5.53 Å². The van der Waals surface area contributed by atoms with Crippen molar-refractivity contribution >= 4 is 0 Å². The van der Waals surface area contributed by atoms with Crippen molar-refractivity contribution < 1.29 is 0 Å². The van der Waals surface area contributed by atoms with Gasteiger partial charge >= 0.3 is 0 Å². The summed E-state index contributed by atoms with van der Waals surface area (Å²) >= 11 is 0. The fourth-order valence-electron chi connectivity index (χ4n) is 0.987. The summed E-state index contributed by atoms with van der Waals surface area (Å²) in [6, 6.07) is 10.8. The summed E-state index contributed by atoms with van der Waals surface area (Å²) in [4.78, 5) is 2.69. The van der Waals surface area contributed by atoms with Gasteiger partial charge in [0.05, 0.1) is 0 Å². The molecule has 3 nitrogen and oxygen atoms in total. The Bertz CT molecular complexity index is 262. The third-order valence-corrected chi connectivity index (χ3v) is 1.57. The SMILES string of the molecule is [N-]=[N+]=NCCCc1cc[c]cc1. The number of nitrogens with zero attached hydrogens (tertiary/aromatic N) is 3. The average molecular weight is 160 g/mol. The average Bonchev–Trinajstić information content (AvgIpc) is 2.14. The van der Waals surface area contributed by atoms with Crippen molar-refractivity contribution in [1.29, 1.82) is 0 Å². The van der Waals surface area contributed by atoms with E-state index in [0.717, 1.165) is 12.8 Å². The Morgan fingerprint density at radius 1 is 1.42 bits per heavy atom. The smallest absolute Gasteiger partial charge is 0.0261 e. The lowest BCUT2D eigenvalue weighted by Crippen LogP contribution is -1.86. The topological polar surface area (TPSA) is 48.8 Å². The number of aryl methyl sites for hydroxylation is 1. The summed E-state index contributed by atoms with van der Waals surface area (Å²) in [7, 11) is 0. The monoisotopic (exact) mass is 160 g/mol.